The number of carbonyl (C=O) groups excluding carboxylic acids is 2. The topological polar surface area (TPSA) is 114 Å². The zero-order valence-electron chi connectivity index (χ0n) is 16.1. The maximum atomic E-state index is 13.7. The molecule has 0 radical (unpaired) electrons. The molecule has 1 aliphatic rings. The number of carbonyl (C=O) groups is 2. The van der Waals surface area contributed by atoms with E-state index in [1.807, 2.05) is 0 Å². The SMILES string of the molecule is NC(N)=NC(=O)C1CCCN1c1ccc(NC(=O)c2ccc(Cl)cc2)c(C(F)(F)F)c1. The Kier molecular flexibility index (Phi) is 6.40. The number of nitrogens with one attached hydrogen (secondary N) is 1. The van der Waals surface area contributed by atoms with Gasteiger partial charge in [-0.25, -0.2) is 0 Å². The van der Waals surface area contributed by atoms with E-state index in [0.717, 1.165) is 12.1 Å². The first-order chi connectivity index (χ1) is 14.6. The highest BCUT2D eigenvalue weighted by Crippen LogP contribution is 2.39. The molecule has 2 aromatic rings. The van der Waals surface area contributed by atoms with E-state index >= 15 is 0 Å². The fraction of sp³-hybridized carbons (Fsp3) is 0.250. The highest BCUT2D eigenvalue weighted by atomic mass is 35.5. The minimum atomic E-state index is -4.74. The highest BCUT2D eigenvalue weighted by Gasteiger charge is 2.37. The van der Waals surface area contributed by atoms with Crippen molar-refractivity contribution < 1.29 is 22.8 Å². The molecule has 1 saturated heterocycles. The van der Waals surface area contributed by atoms with E-state index in [9.17, 15) is 22.8 Å². The van der Waals surface area contributed by atoms with Crippen LogP contribution in [0.2, 0.25) is 5.02 Å². The monoisotopic (exact) mass is 453 g/mol. The van der Waals surface area contributed by atoms with Crippen molar-refractivity contribution in [2.24, 2.45) is 16.5 Å². The number of hydrogen-bond donors (Lipinski definition) is 3. The molecule has 0 aromatic heterocycles. The Hall–Kier alpha value is -3.27. The van der Waals surface area contributed by atoms with Crippen LogP contribution in [0.15, 0.2) is 47.5 Å². The molecular formula is C20H19ClF3N5O2. The summed E-state index contributed by atoms with van der Waals surface area (Å²) in [5, 5.41) is 2.68. The van der Waals surface area contributed by atoms with Crippen LogP contribution in [0, 0.1) is 0 Å². The number of aliphatic imine (C=N–C) groups is 1. The molecule has 1 aliphatic heterocycles. The number of rotatable bonds is 4. The lowest BCUT2D eigenvalue weighted by Crippen LogP contribution is -2.37. The predicted octanol–water partition coefficient (Wildman–Crippen LogP) is 3.38. The average Bonchev–Trinajstić information content (AvgIpc) is 3.17. The molecule has 1 atom stereocenters. The molecule has 31 heavy (non-hydrogen) atoms. The van der Waals surface area contributed by atoms with Gasteiger partial charge in [0.05, 0.1) is 11.3 Å². The molecule has 7 nitrogen and oxygen atoms in total. The second-order valence-corrected chi connectivity index (χ2v) is 7.35. The Morgan fingerprint density at radius 2 is 1.81 bits per heavy atom. The lowest BCUT2D eigenvalue weighted by Gasteiger charge is -2.26. The summed E-state index contributed by atoms with van der Waals surface area (Å²) in [4.78, 5) is 29.6. The van der Waals surface area contributed by atoms with E-state index in [1.54, 1.807) is 0 Å². The first kappa shape index (κ1) is 22.4. The van der Waals surface area contributed by atoms with Gasteiger partial charge in [0.15, 0.2) is 5.96 Å². The van der Waals surface area contributed by atoms with Gasteiger partial charge in [-0.05, 0) is 55.3 Å². The van der Waals surface area contributed by atoms with Crippen LogP contribution in [0.4, 0.5) is 24.5 Å². The second kappa shape index (κ2) is 8.84. The lowest BCUT2D eigenvalue weighted by molar-refractivity contribution is -0.136. The summed E-state index contributed by atoms with van der Waals surface area (Å²) >= 11 is 5.77. The standard InChI is InChI=1S/C20H19ClF3N5O2/c21-12-5-3-11(4-6-12)17(30)27-15-8-7-13(10-14(15)20(22,23)24)29-9-1-2-16(29)18(31)28-19(25)26/h3-8,10,16H,1-2,9H2,(H,27,30)(H4,25,26,28,31). The molecule has 0 bridgehead atoms. The molecule has 2 amide bonds. The molecule has 0 aliphatic carbocycles. The molecular weight excluding hydrogens is 435 g/mol. The van der Waals surface area contributed by atoms with Crippen LogP contribution in [-0.2, 0) is 11.0 Å². The van der Waals surface area contributed by atoms with Gasteiger partial charge in [-0.15, -0.1) is 0 Å². The smallest absolute Gasteiger partial charge is 0.370 e. The number of nitrogens with two attached hydrogens (primary N) is 2. The van der Waals surface area contributed by atoms with E-state index in [2.05, 4.69) is 10.3 Å². The Morgan fingerprint density at radius 3 is 2.42 bits per heavy atom. The minimum Gasteiger partial charge on any atom is -0.370 e. The van der Waals surface area contributed by atoms with Gasteiger partial charge in [0.2, 0.25) is 0 Å². The Labute approximate surface area is 180 Å². The lowest BCUT2D eigenvalue weighted by atomic mass is 10.1. The third-order valence-corrected chi connectivity index (χ3v) is 5.02. The zero-order chi connectivity index (χ0) is 22.8. The fourth-order valence-electron chi connectivity index (χ4n) is 3.38. The summed E-state index contributed by atoms with van der Waals surface area (Å²) in [7, 11) is 0. The van der Waals surface area contributed by atoms with E-state index in [0.29, 0.717) is 24.4 Å². The third kappa shape index (κ3) is 5.26. The number of hydrogen-bond acceptors (Lipinski definition) is 3. The number of guanidine groups is 1. The van der Waals surface area contributed by atoms with Gasteiger partial charge in [0.25, 0.3) is 11.8 Å². The number of alkyl halides is 3. The normalized spacial score (nSPS) is 16.1. The minimum absolute atomic E-state index is 0.157. The zero-order valence-corrected chi connectivity index (χ0v) is 16.9. The summed E-state index contributed by atoms with van der Waals surface area (Å²) in [6.45, 7) is 0.365. The van der Waals surface area contributed by atoms with E-state index in [4.69, 9.17) is 23.1 Å². The van der Waals surface area contributed by atoms with Crippen LogP contribution in [0.3, 0.4) is 0 Å². The molecule has 1 fully saturated rings. The van der Waals surface area contributed by atoms with Gasteiger partial charge < -0.3 is 21.7 Å². The van der Waals surface area contributed by atoms with Crippen LogP contribution < -0.4 is 21.7 Å². The number of halogens is 4. The highest BCUT2D eigenvalue weighted by molar-refractivity contribution is 6.30. The van der Waals surface area contributed by atoms with E-state index in [-0.39, 0.29) is 11.3 Å². The maximum Gasteiger partial charge on any atom is 0.418 e. The number of nitrogens with zero attached hydrogens (tertiary/aromatic N) is 2. The van der Waals surface area contributed by atoms with Gasteiger partial charge in [0, 0.05) is 22.8 Å². The Morgan fingerprint density at radius 1 is 1.13 bits per heavy atom. The van der Waals surface area contributed by atoms with Crippen LogP contribution in [0.25, 0.3) is 0 Å². The summed E-state index contributed by atoms with van der Waals surface area (Å²) in [5.41, 5.74) is 9.38. The van der Waals surface area contributed by atoms with Crippen LogP contribution in [0.1, 0.15) is 28.8 Å². The fourth-order valence-corrected chi connectivity index (χ4v) is 3.51. The average molecular weight is 454 g/mol. The molecule has 5 N–H and O–H groups in total. The number of amides is 2. The summed E-state index contributed by atoms with van der Waals surface area (Å²) in [6, 6.07) is 8.44. The van der Waals surface area contributed by atoms with Crippen LogP contribution >= 0.6 is 11.6 Å². The second-order valence-electron chi connectivity index (χ2n) is 6.91. The molecule has 164 valence electrons. The first-order valence-electron chi connectivity index (χ1n) is 9.24. The van der Waals surface area contributed by atoms with Crippen molar-refractivity contribution in [2.75, 3.05) is 16.8 Å². The van der Waals surface area contributed by atoms with Gasteiger partial charge in [0.1, 0.15) is 6.04 Å². The molecule has 1 heterocycles. The Balaban J connectivity index is 1.91. The molecule has 0 saturated carbocycles. The molecule has 2 aromatic carbocycles. The summed E-state index contributed by atoms with van der Waals surface area (Å²) in [5.74, 6) is -1.74. The van der Waals surface area contributed by atoms with Crippen molar-refractivity contribution >= 4 is 40.7 Å². The van der Waals surface area contributed by atoms with Crippen molar-refractivity contribution in [3.63, 3.8) is 0 Å². The van der Waals surface area contributed by atoms with Gasteiger partial charge in [-0.2, -0.15) is 18.2 Å². The van der Waals surface area contributed by atoms with Gasteiger partial charge in [-0.3, -0.25) is 9.59 Å². The van der Waals surface area contributed by atoms with Gasteiger partial charge >= 0.3 is 6.18 Å². The Bertz CT molecular complexity index is 1020. The van der Waals surface area contributed by atoms with Crippen molar-refractivity contribution in [3.8, 4) is 0 Å². The van der Waals surface area contributed by atoms with Crippen LogP contribution in [0.5, 0.6) is 0 Å². The quantitative estimate of drug-likeness (QED) is 0.485. The van der Waals surface area contributed by atoms with E-state index < -0.39 is 41.2 Å². The third-order valence-electron chi connectivity index (χ3n) is 4.77. The summed E-state index contributed by atoms with van der Waals surface area (Å²) < 4.78 is 41.2. The molecule has 3 rings (SSSR count). The molecule has 0 spiro atoms. The van der Waals surface area contributed by atoms with Crippen molar-refractivity contribution in [1.29, 1.82) is 0 Å². The van der Waals surface area contributed by atoms with Crippen molar-refractivity contribution in [1.82, 2.24) is 0 Å². The number of anilines is 2. The first-order valence-corrected chi connectivity index (χ1v) is 9.62. The summed E-state index contributed by atoms with van der Waals surface area (Å²) in [6.07, 6.45) is -3.74. The van der Waals surface area contributed by atoms with Gasteiger partial charge in [-0.1, -0.05) is 11.6 Å². The molecule has 11 heteroatoms. The largest absolute Gasteiger partial charge is 0.418 e. The predicted molar refractivity (Wildman–Crippen MR) is 112 cm³/mol. The van der Waals surface area contributed by atoms with E-state index in [1.165, 1.54) is 35.2 Å². The number of benzene rings is 2. The maximum absolute atomic E-state index is 13.7. The van der Waals surface area contributed by atoms with Crippen LogP contribution in [-0.4, -0.2) is 30.4 Å². The van der Waals surface area contributed by atoms with Crippen molar-refractivity contribution in [2.45, 2.75) is 25.1 Å². The van der Waals surface area contributed by atoms with Crippen molar-refractivity contribution in [3.05, 3.63) is 58.6 Å². The molecule has 1 unspecified atom stereocenters.